The monoisotopic (exact) mass is 563 g/mol. The zero-order valence-electron chi connectivity index (χ0n) is 23.1. The third-order valence-electron chi connectivity index (χ3n) is 6.40. The molecule has 2 amide bonds. The molecule has 0 bridgehead atoms. The number of ether oxygens (including phenoxy) is 3. The number of alkyl halides is 1. The molecule has 40 heavy (non-hydrogen) atoms. The van der Waals surface area contributed by atoms with Crippen LogP contribution in [-0.2, 0) is 26.4 Å². The number of rotatable bonds is 4. The van der Waals surface area contributed by atoms with Gasteiger partial charge < -0.3 is 19.3 Å². The number of hydrogen-bond acceptors (Lipinski definition) is 7. The summed E-state index contributed by atoms with van der Waals surface area (Å²) in [6.45, 7) is 7.68. The molecular formula is C28H32F3N3O6. The smallest absolute Gasteiger partial charge is 0.438 e. The van der Waals surface area contributed by atoms with Gasteiger partial charge in [-0.2, -0.15) is 0 Å². The summed E-state index contributed by atoms with van der Waals surface area (Å²) in [5, 5.41) is 9.93. The molecule has 1 aliphatic carbocycles. The van der Waals surface area contributed by atoms with Gasteiger partial charge >= 0.3 is 18.2 Å². The second kappa shape index (κ2) is 10.4. The van der Waals surface area contributed by atoms with Crippen LogP contribution in [0.1, 0.15) is 59.1 Å². The van der Waals surface area contributed by atoms with Crippen molar-refractivity contribution in [2.75, 3.05) is 6.67 Å². The Labute approximate surface area is 230 Å². The highest BCUT2D eigenvalue weighted by Gasteiger charge is 2.67. The number of amidine groups is 1. The van der Waals surface area contributed by atoms with Crippen molar-refractivity contribution in [2.45, 2.75) is 77.4 Å². The minimum atomic E-state index is -2.06. The Balaban J connectivity index is 1.95. The van der Waals surface area contributed by atoms with Crippen LogP contribution in [0.4, 0.5) is 22.8 Å². The minimum Gasteiger partial charge on any atom is -0.461 e. The Hall–Kier alpha value is -3.67. The predicted molar refractivity (Wildman–Crippen MR) is 138 cm³/mol. The highest BCUT2D eigenvalue weighted by Crippen LogP contribution is 2.56. The second-order valence-electron chi connectivity index (χ2n) is 11.8. The third-order valence-corrected chi connectivity index (χ3v) is 6.40. The highest BCUT2D eigenvalue weighted by atomic mass is 19.1. The molecule has 12 heteroatoms. The van der Waals surface area contributed by atoms with Crippen molar-refractivity contribution in [1.29, 1.82) is 0 Å². The van der Waals surface area contributed by atoms with Gasteiger partial charge in [0.05, 0.1) is 12.8 Å². The summed E-state index contributed by atoms with van der Waals surface area (Å²) in [5.74, 6) is -2.36. The zero-order chi connectivity index (χ0) is 29.6. The van der Waals surface area contributed by atoms with E-state index in [0.29, 0.717) is 0 Å². The summed E-state index contributed by atoms with van der Waals surface area (Å²) in [6, 6.07) is 2.79. The standard InChI is InChI=1S/C28H32F3N3O6/c1-26(2,3)39-24(36)33-23-34(25(37)40-27(4,5)6)28(14-29,20-10-22(20)38-23)19-9-18(16(13-35)8-21(19)31)15-7-17(30)12-32-11-15/h7-9,11-12,20,22,35H,10,13-14H2,1-6H3/b33-23-/t20-,22?,28+/m0/s1. The van der Waals surface area contributed by atoms with Gasteiger partial charge in [-0.1, -0.05) is 0 Å². The first-order valence-corrected chi connectivity index (χ1v) is 12.7. The Morgan fingerprint density at radius 3 is 2.38 bits per heavy atom. The van der Waals surface area contributed by atoms with Gasteiger partial charge in [0.25, 0.3) is 0 Å². The van der Waals surface area contributed by atoms with E-state index in [0.717, 1.165) is 23.2 Å². The Kier molecular flexibility index (Phi) is 7.61. The first kappa shape index (κ1) is 29.3. The van der Waals surface area contributed by atoms with Crippen molar-refractivity contribution < 1.29 is 42.1 Å². The van der Waals surface area contributed by atoms with E-state index in [4.69, 9.17) is 14.2 Å². The second-order valence-corrected chi connectivity index (χ2v) is 11.8. The first-order chi connectivity index (χ1) is 18.6. The number of aliphatic imine (C=N–C) groups is 1. The molecule has 0 radical (unpaired) electrons. The molecule has 0 spiro atoms. The van der Waals surface area contributed by atoms with E-state index in [9.17, 15) is 19.1 Å². The maximum atomic E-state index is 15.9. The molecule has 1 saturated carbocycles. The van der Waals surface area contributed by atoms with Crippen molar-refractivity contribution in [1.82, 2.24) is 9.88 Å². The average molecular weight is 564 g/mol. The van der Waals surface area contributed by atoms with Crippen LogP contribution in [0.2, 0.25) is 0 Å². The van der Waals surface area contributed by atoms with Crippen LogP contribution in [0.5, 0.6) is 0 Å². The fraction of sp³-hybridized carbons (Fsp3) is 0.500. The number of amides is 2. The minimum absolute atomic E-state index is 0.0912. The summed E-state index contributed by atoms with van der Waals surface area (Å²) in [6.07, 6.45) is -0.414. The summed E-state index contributed by atoms with van der Waals surface area (Å²) >= 11 is 0. The number of hydrogen-bond donors (Lipinski definition) is 1. The molecule has 4 rings (SSSR count). The molecule has 3 atom stereocenters. The zero-order valence-corrected chi connectivity index (χ0v) is 23.1. The molecule has 1 saturated heterocycles. The van der Waals surface area contributed by atoms with Gasteiger partial charge in [-0.3, -0.25) is 4.98 Å². The molecule has 1 N–H and O–H groups in total. The highest BCUT2D eigenvalue weighted by molar-refractivity contribution is 5.98. The number of halogens is 3. The molecule has 216 valence electrons. The number of benzene rings is 1. The Bertz CT molecular complexity index is 1350. The molecule has 1 aromatic heterocycles. The van der Waals surface area contributed by atoms with Crippen molar-refractivity contribution in [2.24, 2.45) is 10.9 Å². The third kappa shape index (κ3) is 5.77. The van der Waals surface area contributed by atoms with Crippen LogP contribution >= 0.6 is 0 Å². The van der Waals surface area contributed by atoms with Crippen LogP contribution in [0.25, 0.3) is 11.1 Å². The fourth-order valence-corrected chi connectivity index (χ4v) is 4.77. The van der Waals surface area contributed by atoms with Crippen molar-refractivity contribution in [3.05, 3.63) is 53.4 Å². The van der Waals surface area contributed by atoms with Gasteiger partial charge in [-0.15, -0.1) is 4.99 Å². The lowest BCUT2D eigenvalue weighted by Crippen LogP contribution is -2.61. The number of aromatic nitrogens is 1. The van der Waals surface area contributed by atoms with Crippen LogP contribution in [0.3, 0.4) is 0 Å². The maximum absolute atomic E-state index is 15.9. The largest absolute Gasteiger partial charge is 0.461 e. The molecule has 2 fully saturated rings. The van der Waals surface area contributed by atoms with Crippen molar-refractivity contribution >= 4 is 18.2 Å². The van der Waals surface area contributed by atoms with E-state index in [1.54, 1.807) is 41.5 Å². The SMILES string of the molecule is CC(C)(C)OC(=O)/N=C1\OC2C[C@@H]2[C@@](CF)(c2cc(-c3cncc(F)c3)c(CO)cc2F)N1C(=O)OC(C)(C)C. The molecule has 2 aromatic rings. The summed E-state index contributed by atoms with van der Waals surface area (Å²) < 4.78 is 62.0. The first-order valence-electron chi connectivity index (χ1n) is 12.7. The van der Waals surface area contributed by atoms with Gasteiger partial charge in [0.15, 0.2) is 0 Å². The maximum Gasteiger partial charge on any atom is 0.438 e. The molecule has 2 heterocycles. The predicted octanol–water partition coefficient (Wildman–Crippen LogP) is 5.63. The molecule has 1 unspecified atom stereocenters. The molecule has 1 aromatic carbocycles. The van der Waals surface area contributed by atoms with Gasteiger partial charge in [0, 0.05) is 23.2 Å². The van der Waals surface area contributed by atoms with Crippen LogP contribution < -0.4 is 0 Å². The van der Waals surface area contributed by atoms with Gasteiger partial charge in [-0.25, -0.2) is 27.7 Å². The van der Waals surface area contributed by atoms with E-state index < -0.39 is 71.9 Å². The lowest BCUT2D eigenvalue weighted by atomic mass is 9.81. The number of carbonyl (C=O) groups excluding carboxylic acids is 2. The summed E-state index contributed by atoms with van der Waals surface area (Å²) in [4.78, 5) is 34.7. The van der Waals surface area contributed by atoms with E-state index in [2.05, 4.69) is 9.98 Å². The Morgan fingerprint density at radius 2 is 1.80 bits per heavy atom. The fourth-order valence-electron chi connectivity index (χ4n) is 4.77. The van der Waals surface area contributed by atoms with E-state index >= 15 is 8.78 Å². The van der Waals surface area contributed by atoms with Crippen LogP contribution in [-0.4, -0.2) is 57.2 Å². The van der Waals surface area contributed by atoms with Gasteiger partial charge in [0.1, 0.15) is 41.2 Å². The number of aliphatic hydroxyl groups excluding tert-OH is 1. The number of pyridine rings is 1. The molecule has 2 aliphatic rings. The van der Waals surface area contributed by atoms with Gasteiger partial charge in [0.2, 0.25) is 0 Å². The summed E-state index contributed by atoms with van der Waals surface area (Å²) in [7, 11) is 0. The van der Waals surface area contributed by atoms with E-state index in [1.807, 2.05) is 0 Å². The summed E-state index contributed by atoms with van der Waals surface area (Å²) in [5.41, 5.74) is -3.87. The Morgan fingerprint density at radius 1 is 1.12 bits per heavy atom. The molecule has 1 aliphatic heterocycles. The molecular weight excluding hydrogens is 531 g/mol. The normalized spacial score (nSPS) is 23.4. The molecule has 9 nitrogen and oxygen atoms in total. The lowest BCUT2D eigenvalue weighted by molar-refractivity contribution is -0.0218. The number of nitrogens with zero attached hydrogens (tertiary/aromatic N) is 3. The number of carbonyl (C=O) groups is 2. The number of fused-ring (bicyclic) bond motifs is 1. The van der Waals surface area contributed by atoms with Crippen LogP contribution in [0.15, 0.2) is 35.6 Å². The average Bonchev–Trinajstić information content (AvgIpc) is 3.60. The van der Waals surface area contributed by atoms with Crippen LogP contribution in [0, 0.1) is 17.6 Å². The van der Waals surface area contributed by atoms with Gasteiger partial charge in [-0.05, 0) is 77.3 Å². The van der Waals surface area contributed by atoms with Crippen molar-refractivity contribution in [3.63, 3.8) is 0 Å². The lowest BCUT2D eigenvalue weighted by Gasteiger charge is -2.45. The van der Waals surface area contributed by atoms with E-state index in [1.165, 1.54) is 12.3 Å². The van der Waals surface area contributed by atoms with E-state index in [-0.39, 0.29) is 28.7 Å². The quantitative estimate of drug-likeness (QED) is 0.513. The van der Waals surface area contributed by atoms with Crippen molar-refractivity contribution in [3.8, 4) is 11.1 Å². The number of aliphatic hydroxyl groups is 1. The topological polar surface area (TPSA) is 111 Å².